The van der Waals surface area contributed by atoms with Gasteiger partial charge in [0.25, 0.3) is 0 Å². The first kappa shape index (κ1) is 14.3. The number of nitrogens with zero attached hydrogens (tertiary/aromatic N) is 1. The largest absolute Gasteiger partial charge is 0.481 e. The van der Waals surface area contributed by atoms with Crippen LogP contribution in [0.2, 0.25) is 5.02 Å². The third-order valence-electron chi connectivity index (χ3n) is 4.05. The number of carboxylic acids is 1. The molecule has 1 unspecified atom stereocenters. The molecule has 1 heterocycles. The van der Waals surface area contributed by atoms with E-state index in [0.717, 1.165) is 5.56 Å². The van der Waals surface area contributed by atoms with E-state index in [1.165, 1.54) is 0 Å². The highest BCUT2D eigenvalue weighted by atomic mass is 35.5. The molecule has 1 aromatic rings. The van der Waals surface area contributed by atoms with Crippen LogP contribution < -0.4 is 5.32 Å². The van der Waals surface area contributed by atoms with Gasteiger partial charge in [-0.3, -0.25) is 9.69 Å². The van der Waals surface area contributed by atoms with E-state index in [0.29, 0.717) is 18.1 Å². The average molecular weight is 283 g/mol. The van der Waals surface area contributed by atoms with Gasteiger partial charge < -0.3 is 10.4 Å². The van der Waals surface area contributed by atoms with Crippen molar-refractivity contribution in [3.8, 4) is 0 Å². The molecule has 0 saturated carbocycles. The molecule has 0 radical (unpaired) electrons. The van der Waals surface area contributed by atoms with E-state index in [1.807, 2.05) is 31.3 Å². The third kappa shape index (κ3) is 2.91. The fourth-order valence-electron chi connectivity index (χ4n) is 2.60. The second-order valence-electron chi connectivity index (χ2n) is 5.24. The fourth-order valence-corrected chi connectivity index (χ4v) is 2.79. The van der Waals surface area contributed by atoms with Gasteiger partial charge in [0.15, 0.2) is 0 Å². The molecule has 5 heteroatoms. The van der Waals surface area contributed by atoms with Crippen LogP contribution in [0.1, 0.15) is 24.9 Å². The maximum Gasteiger partial charge on any atom is 0.305 e. The van der Waals surface area contributed by atoms with E-state index in [4.69, 9.17) is 16.7 Å². The van der Waals surface area contributed by atoms with Crippen molar-refractivity contribution in [2.75, 3.05) is 20.1 Å². The molecule has 19 heavy (non-hydrogen) atoms. The highest BCUT2D eigenvalue weighted by Gasteiger charge is 2.44. The summed E-state index contributed by atoms with van der Waals surface area (Å²) in [5.74, 6) is -0.758. The molecule has 2 N–H and O–H groups in total. The predicted molar refractivity (Wildman–Crippen MR) is 75.5 cm³/mol. The number of halogens is 1. The van der Waals surface area contributed by atoms with Crippen LogP contribution in [0.4, 0.5) is 0 Å². The van der Waals surface area contributed by atoms with Gasteiger partial charge in [-0.1, -0.05) is 23.7 Å². The molecule has 0 aromatic heterocycles. The van der Waals surface area contributed by atoms with Gasteiger partial charge in [-0.05, 0) is 31.7 Å². The van der Waals surface area contributed by atoms with E-state index in [-0.39, 0.29) is 18.0 Å². The number of hydrogen-bond donors (Lipinski definition) is 2. The molecule has 0 aliphatic carbocycles. The molecular formula is C14H19ClN2O2. The van der Waals surface area contributed by atoms with Gasteiger partial charge in [0.2, 0.25) is 0 Å². The van der Waals surface area contributed by atoms with Crippen molar-refractivity contribution in [1.82, 2.24) is 10.2 Å². The first-order chi connectivity index (χ1) is 8.94. The van der Waals surface area contributed by atoms with Crippen molar-refractivity contribution in [1.29, 1.82) is 0 Å². The number of hydrogen-bond acceptors (Lipinski definition) is 3. The minimum absolute atomic E-state index is 0.125. The first-order valence-electron chi connectivity index (χ1n) is 6.35. The van der Waals surface area contributed by atoms with Gasteiger partial charge in [-0.15, -0.1) is 0 Å². The Kier molecular flexibility index (Phi) is 4.13. The van der Waals surface area contributed by atoms with Crippen LogP contribution in [-0.4, -0.2) is 41.7 Å². The highest BCUT2D eigenvalue weighted by Crippen LogP contribution is 2.32. The maximum absolute atomic E-state index is 11.0. The van der Waals surface area contributed by atoms with E-state index in [1.54, 1.807) is 0 Å². The molecule has 2 rings (SSSR count). The summed E-state index contributed by atoms with van der Waals surface area (Å²) in [7, 11) is 1.98. The van der Waals surface area contributed by atoms with E-state index in [2.05, 4.69) is 17.1 Å². The molecule has 4 nitrogen and oxygen atoms in total. The number of likely N-dealkylation sites (N-methyl/N-ethyl adjacent to an activating group) is 1. The minimum Gasteiger partial charge on any atom is -0.481 e. The zero-order valence-corrected chi connectivity index (χ0v) is 11.9. The normalized spacial score (nSPS) is 18.9. The number of aliphatic carboxylic acids is 1. The van der Waals surface area contributed by atoms with Crippen LogP contribution in [-0.2, 0) is 4.79 Å². The van der Waals surface area contributed by atoms with Crippen LogP contribution in [0.25, 0.3) is 0 Å². The fraction of sp³-hybridized carbons (Fsp3) is 0.500. The lowest BCUT2D eigenvalue weighted by molar-refractivity contribution is -0.142. The summed E-state index contributed by atoms with van der Waals surface area (Å²) in [5.41, 5.74) is 0.805. The molecule has 1 saturated heterocycles. The average Bonchev–Trinajstić information content (AvgIpc) is 2.32. The molecule has 104 valence electrons. The van der Waals surface area contributed by atoms with Crippen LogP contribution in [0.5, 0.6) is 0 Å². The Hall–Kier alpha value is -1.10. The van der Waals surface area contributed by atoms with Gasteiger partial charge in [-0.25, -0.2) is 0 Å². The van der Waals surface area contributed by atoms with Gasteiger partial charge >= 0.3 is 5.97 Å². The molecule has 1 fully saturated rings. The molecule has 1 aliphatic rings. The Balaban J connectivity index is 2.18. The number of benzene rings is 1. The monoisotopic (exact) mass is 282 g/mol. The third-order valence-corrected chi connectivity index (χ3v) is 4.28. The Labute approximate surface area is 118 Å². The molecule has 1 aliphatic heterocycles. The van der Waals surface area contributed by atoms with Gasteiger partial charge in [0.05, 0.1) is 12.0 Å². The highest BCUT2D eigenvalue weighted by molar-refractivity contribution is 6.30. The Morgan fingerprint density at radius 2 is 2.26 bits per heavy atom. The number of rotatable bonds is 5. The Morgan fingerprint density at radius 1 is 1.58 bits per heavy atom. The summed E-state index contributed by atoms with van der Waals surface area (Å²) in [5, 5.41) is 13.0. The summed E-state index contributed by atoms with van der Waals surface area (Å²) < 4.78 is 0. The van der Waals surface area contributed by atoms with Gasteiger partial charge in [0.1, 0.15) is 0 Å². The lowest BCUT2D eigenvalue weighted by atomic mass is 9.85. The number of carbonyl (C=O) groups is 1. The molecule has 1 aromatic carbocycles. The van der Waals surface area contributed by atoms with Crippen LogP contribution in [0.15, 0.2) is 24.3 Å². The summed E-state index contributed by atoms with van der Waals surface area (Å²) in [6.07, 6.45) is 0.154. The second kappa shape index (κ2) is 5.49. The second-order valence-corrected chi connectivity index (χ2v) is 5.68. The predicted octanol–water partition coefficient (Wildman–Crippen LogP) is 2.15. The Bertz CT molecular complexity index is 474. The van der Waals surface area contributed by atoms with Crippen LogP contribution >= 0.6 is 11.6 Å². The molecule has 0 bridgehead atoms. The summed E-state index contributed by atoms with van der Waals surface area (Å²) >= 11 is 6.02. The van der Waals surface area contributed by atoms with Crippen molar-refractivity contribution in [3.05, 3.63) is 34.9 Å². The topological polar surface area (TPSA) is 52.6 Å². The molecular weight excluding hydrogens is 264 g/mol. The van der Waals surface area contributed by atoms with Crippen LogP contribution in [0.3, 0.4) is 0 Å². The number of nitrogens with one attached hydrogen (secondary N) is 1. The smallest absolute Gasteiger partial charge is 0.305 e. The summed E-state index contributed by atoms with van der Waals surface area (Å²) in [6.45, 7) is 3.50. The summed E-state index contributed by atoms with van der Waals surface area (Å²) in [4.78, 5) is 13.2. The maximum atomic E-state index is 11.0. The van der Waals surface area contributed by atoms with Gasteiger partial charge in [-0.2, -0.15) is 0 Å². The quantitative estimate of drug-likeness (QED) is 0.869. The standard InChI is InChI=1S/C14H19ClN2O2/c1-10(11-4-3-5-12(15)6-11)17(2)14(7-13(18)19)8-16-9-14/h3-6,10,16H,7-9H2,1-2H3,(H,18,19). The molecule has 0 amide bonds. The van der Waals surface area contributed by atoms with E-state index < -0.39 is 5.97 Å². The zero-order valence-electron chi connectivity index (χ0n) is 11.2. The van der Waals surface area contributed by atoms with Crippen molar-refractivity contribution in [2.45, 2.75) is 24.9 Å². The van der Waals surface area contributed by atoms with E-state index >= 15 is 0 Å². The van der Waals surface area contributed by atoms with Crippen molar-refractivity contribution in [2.24, 2.45) is 0 Å². The van der Waals surface area contributed by atoms with Gasteiger partial charge in [0, 0.05) is 24.2 Å². The van der Waals surface area contributed by atoms with Crippen molar-refractivity contribution < 1.29 is 9.90 Å². The van der Waals surface area contributed by atoms with Crippen LogP contribution in [0, 0.1) is 0 Å². The first-order valence-corrected chi connectivity index (χ1v) is 6.73. The lowest BCUT2D eigenvalue weighted by Crippen LogP contribution is -2.68. The SMILES string of the molecule is CC(c1cccc(Cl)c1)N(C)C1(CC(=O)O)CNC1. The van der Waals surface area contributed by atoms with E-state index in [9.17, 15) is 4.79 Å². The molecule has 1 atom stereocenters. The zero-order chi connectivity index (χ0) is 14.0. The van der Waals surface area contributed by atoms with Crippen molar-refractivity contribution in [3.63, 3.8) is 0 Å². The summed E-state index contributed by atoms with van der Waals surface area (Å²) in [6, 6.07) is 7.84. The molecule has 0 spiro atoms. The number of carboxylic acid groups (broad SMARTS) is 1. The van der Waals surface area contributed by atoms with Crippen molar-refractivity contribution >= 4 is 17.6 Å². The minimum atomic E-state index is -0.758. The Morgan fingerprint density at radius 3 is 2.74 bits per heavy atom. The lowest BCUT2D eigenvalue weighted by Gasteiger charge is -2.51.